The molecule has 0 spiro atoms. The Kier molecular flexibility index (Phi) is 5.06. The molecule has 164 valence electrons. The number of anilines is 1. The van der Waals surface area contributed by atoms with E-state index in [1.165, 1.54) is 4.90 Å². The number of aromatic nitrogens is 1. The third-order valence-electron chi connectivity index (χ3n) is 6.48. The number of alkyl halides is 1. The number of carbonyl (C=O) groups is 1. The number of hydrogen-bond acceptors (Lipinski definition) is 6. The van der Waals surface area contributed by atoms with E-state index in [1.807, 2.05) is 30.0 Å². The van der Waals surface area contributed by atoms with Crippen LogP contribution in [-0.4, -0.2) is 59.9 Å². The van der Waals surface area contributed by atoms with Gasteiger partial charge in [0, 0.05) is 20.0 Å². The van der Waals surface area contributed by atoms with Gasteiger partial charge in [-0.2, -0.15) is 0 Å². The van der Waals surface area contributed by atoms with Gasteiger partial charge in [-0.05, 0) is 41.8 Å². The smallest absolute Gasteiger partial charge is 0.256 e. The van der Waals surface area contributed by atoms with Crippen LogP contribution < -0.4 is 9.64 Å². The Hall–Kier alpha value is -2.71. The van der Waals surface area contributed by atoms with Crippen LogP contribution in [-0.2, 0) is 18.0 Å². The quantitative estimate of drug-likeness (QED) is 0.808. The summed E-state index contributed by atoms with van der Waals surface area (Å²) < 4.78 is 26.5. The molecule has 7 nitrogen and oxygen atoms in total. The van der Waals surface area contributed by atoms with Crippen molar-refractivity contribution in [3.05, 3.63) is 52.2 Å². The molecule has 0 saturated carbocycles. The topological polar surface area (TPSA) is 75.1 Å². The number of benzene rings is 1. The maximum atomic E-state index is 15.1. The number of nitrogens with zero attached hydrogens (tertiary/aromatic N) is 3. The summed E-state index contributed by atoms with van der Waals surface area (Å²) in [5.41, 5.74) is 4.15. The number of carbonyl (C=O) groups excluding carboxylic acids is 1. The summed E-state index contributed by atoms with van der Waals surface area (Å²) in [4.78, 5) is 20.5. The van der Waals surface area contributed by atoms with Gasteiger partial charge in [0.25, 0.3) is 5.91 Å². The van der Waals surface area contributed by atoms with Crippen molar-refractivity contribution in [2.24, 2.45) is 0 Å². The highest BCUT2D eigenvalue weighted by Crippen LogP contribution is 2.35. The fourth-order valence-corrected chi connectivity index (χ4v) is 4.69. The van der Waals surface area contributed by atoms with E-state index in [2.05, 4.69) is 0 Å². The molecule has 2 aromatic rings. The summed E-state index contributed by atoms with van der Waals surface area (Å²) in [6, 6.07) is 7.13. The van der Waals surface area contributed by atoms with E-state index in [9.17, 15) is 9.90 Å². The summed E-state index contributed by atoms with van der Waals surface area (Å²) in [5, 5.41) is 9.71. The summed E-state index contributed by atoms with van der Waals surface area (Å²) in [5.74, 6) is 1.19. The van der Waals surface area contributed by atoms with Crippen molar-refractivity contribution in [2.75, 3.05) is 31.6 Å². The highest BCUT2D eigenvalue weighted by molar-refractivity contribution is 5.99. The molecule has 4 heterocycles. The Bertz CT molecular complexity index is 1030. The van der Waals surface area contributed by atoms with E-state index in [1.54, 1.807) is 13.1 Å². The molecule has 1 fully saturated rings. The standard InChI is InChI=1S/C23H26FN3O4/c1-13-7-17-21(19(10-28)26(2)23(17)29)25-22(13)27-6-5-20(18(24)9-27)31-16-4-3-14-11-30-12-15(14)8-16/h3-4,7-8,18-20,28H,5-6,9-12H2,1-2H3/t18-,19-,20+/m0/s1. The van der Waals surface area contributed by atoms with Gasteiger partial charge in [-0.3, -0.25) is 4.79 Å². The molecule has 1 amide bonds. The van der Waals surface area contributed by atoms with E-state index < -0.39 is 18.3 Å². The molecule has 8 heteroatoms. The molecule has 1 aromatic carbocycles. The average molecular weight is 427 g/mol. The lowest BCUT2D eigenvalue weighted by molar-refractivity contribution is 0.0714. The maximum absolute atomic E-state index is 15.1. The van der Waals surface area contributed by atoms with Crippen LogP contribution in [0.4, 0.5) is 10.2 Å². The molecule has 0 radical (unpaired) electrons. The number of ether oxygens (including phenoxy) is 2. The largest absolute Gasteiger partial charge is 0.487 e. The predicted molar refractivity (Wildman–Crippen MR) is 112 cm³/mol. The Balaban J connectivity index is 1.32. The first kappa shape index (κ1) is 20.2. The number of fused-ring (bicyclic) bond motifs is 2. The van der Waals surface area contributed by atoms with Crippen molar-refractivity contribution in [1.82, 2.24) is 9.88 Å². The summed E-state index contributed by atoms with van der Waals surface area (Å²) in [6.45, 7) is 3.63. The minimum atomic E-state index is -1.18. The van der Waals surface area contributed by atoms with Gasteiger partial charge >= 0.3 is 0 Å². The fraction of sp³-hybridized carbons (Fsp3) is 0.478. The number of aliphatic hydroxyl groups excluding tert-OH is 1. The van der Waals surface area contributed by atoms with E-state index in [0.717, 1.165) is 16.7 Å². The van der Waals surface area contributed by atoms with E-state index in [-0.39, 0.29) is 19.1 Å². The SMILES string of the molecule is Cc1cc2c(nc1N1CC[C@@H](Oc3ccc4c(c3)COC4)[C@@H](F)C1)[C@H](CO)N(C)C2=O. The Morgan fingerprint density at radius 2 is 2.10 bits per heavy atom. The van der Waals surface area contributed by atoms with Crippen LogP contribution in [0.1, 0.15) is 45.2 Å². The number of halogens is 1. The number of likely N-dealkylation sites (N-methyl/N-ethyl adjacent to an activating group) is 1. The number of piperidine rings is 1. The van der Waals surface area contributed by atoms with Gasteiger partial charge in [0.1, 0.15) is 17.7 Å². The Morgan fingerprint density at radius 1 is 1.29 bits per heavy atom. The van der Waals surface area contributed by atoms with Crippen LogP contribution in [0.5, 0.6) is 5.75 Å². The van der Waals surface area contributed by atoms with Gasteiger partial charge in [0.2, 0.25) is 0 Å². The molecule has 3 aliphatic heterocycles. The molecule has 1 aromatic heterocycles. The Labute approximate surface area is 180 Å². The number of pyridine rings is 1. The number of rotatable bonds is 4. The number of aryl methyl sites for hydroxylation is 1. The zero-order chi connectivity index (χ0) is 21.7. The third kappa shape index (κ3) is 3.43. The van der Waals surface area contributed by atoms with Gasteiger partial charge in [0.15, 0.2) is 6.17 Å². The van der Waals surface area contributed by atoms with Gasteiger partial charge in [-0.25, -0.2) is 9.37 Å². The highest BCUT2D eigenvalue weighted by Gasteiger charge is 2.38. The molecule has 5 rings (SSSR count). The summed E-state index contributed by atoms with van der Waals surface area (Å²) >= 11 is 0. The van der Waals surface area contributed by atoms with E-state index >= 15 is 4.39 Å². The molecule has 3 atom stereocenters. The minimum Gasteiger partial charge on any atom is -0.487 e. The number of aliphatic hydroxyl groups is 1. The third-order valence-corrected chi connectivity index (χ3v) is 6.48. The molecular weight excluding hydrogens is 401 g/mol. The lowest BCUT2D eigenvalue weighted by Crippen LogP contribution is -2.47. The lowest BCUT2D eigenvalue weighted by Gasteiger charge is -2.36. The summed E-state index contributed by atoms with van der Waals surface area (Å²) in [7, 11) is 1.66. The normalized spacial score (nSPS) is 25.0. The molecule has 31 heavy (non-hydrogen) atoms. The van der Waals surface area contributed by atoms with Gasteiger partial charge in [0.05, 0.1) is 43.7 Å². The van der Waals surface area contributed by atoms with Crippen molar-refractivity contribution >= 4 is 11.7 Å². The Morgan fingerprint density at radius 3 is 2.87 bits per heavy atom. The zero-order valence-electron chi connectivity index (χ0n) is 17.7. The van der Waals surface area contributed by atoms with Crippen LogP contribution in [0, 0.1) is 6.92 Å². The molecule has 3 aliphatic rings. The molecular formula is C23H26FN3O4. The van der Waals surface area contributed by atoms with Crippen LogP contribution >= 0.6 is 0 Å². The van der Waals surface area contributed by atoms with E-state index in [4.69, 9.17) is 14.5 Å². The van der Waals surface area contributed by atoms with Crippen LogP contribution in [0.15, 0.2) is 24.3 Å². The molecule has 0 unspecified atom stereocenters. The van der Waals surface area contributed by atoms with Crippen molar-refractivity contribution < 1.29 is 23.8 Å². The van der Waals surface area contributed by atoms with Gasteiger partial charge < -0.3 is 24.4 Å². The van der Waals surface area contributed by atoms with Crippen molar-refractivity contribution in [1.29, 1.82) is 0 Å². The van der Waals surface area contributed by atoms with Gasteiger partial charge in [-0.1, -0.05) is 6.07 Å². The second kappa shape index (κ2) is 7.76. The lowest BCUT2D eigenvalue weighted by atomic mass is 10.0. The molecule has 1 saturated heterocycles. The van der Waals surface area contributed by atoms with Crippen molar-refractivity contribution in [2.45, 2.75) is 44.9 Å². The van der Waals surface area contributed by atoms with Crippen LogP contribution in [0.2, 0.25) is 0 Å². The predicted octanol–water partition coefficient (Wildman–Crippen LogP) is 2.54. The average Bonchev–Trinajstić information content (AvgIpc) is 3.31. The molecule has 0 aliphatic carbocycles. The molecule has 1 N–H and O–H groups in total. The van der Waals surface area contributed by atoms with Crippen molar-refractivity contribution in [3.63, 3.8) is 0 Å². The monoisotopic (exact) mass is 427 g/mol. The minimum absolute atomic E-state index is 0.147. The maximum Gasteiger partial charge on any atom is 0.256 e. The van der Waals surface area contributed by atoms with Crippen LogP contribution in [0.3, 0.4) is 0 Å². The van der Waals surface area contributed by atoms with Crippen molar-refractivity contribution in [3.8, 4) is 5.75 Å². The van der Waals surface area contributed by atoms with E-state index in [0.29, 0.717) is 49.0 Å². The number of hydrogen-bond donors (Lipinski definition) is 1. The summed E-state index contributed by atoms with van der Waals surface area (Å²) in [6.07, 6.45) is -1.18. The first-order valence-corrected chi connectivity index (χ1v) is 10.6. The highest BCUT2D eigenvalue weighted by atomic mass is 19.1. The second-order valence-electron chi connectivity index (χ2n) is 8.51. The first-order chi connectivity index (χ1) is 15.0. The van der Waals surface area contributed by atoms with Gasteiger partial charge in [-0.15, -0.1) is 0 Å². The number of amides is 1. The second-order valence-corrected chi connectivity index (χ2v) is 8.51. The van der Waals surface area contributed by atoms with Crippen LogP contribution in [0.25, 0.3) is 0 Å². The zero-order valence-corrected chi connectivity index (χ0v) is 17.7. The first-order valence-electron chi connectivity index (χ1n) is 10.6. The fourth-order valence-electron chi connectivity index (χ4n) is 4.69. The molecule has 0 bridgehead atoms.